The van der Waals surface area contributed by atoms with Crippen LogP contribution in [-0.2, 0) is 5.41 Å². The SMILES string of the molecule is CCCCCN1CCN(c2ccc(C(C)(C)CC)cc2)CC1. The average molecular weight is 303 g/mol. The molecule has 0 atom stereocenters. The fourth-order valence-electron chi connectivity index (χ4n) is 3.14. The van der Waals surface area contributed by atoms with Crippen molar-refractivity contribution in [3.05, 3.63) is 29.8 Å². The highest BCUT2D eigenvalue weighted by atomic mass is 15.3. The lowest BCUT2D eigenvalue weighted by atomic mass is 9.82. The molecule has 2 heteroatoms. The van der Waals surface area contributed by atoms with Crippen LogP contribution in [0.5, 0.6) is 0 Å². The number of hydrogen-bond acceptors (Lipinski definition) is 2. The molecule has 0 N–H and O–H groups in total. The predicted molar refractivity (Wildman–Crippen MR) is 97.9 cm³/mol. The number of nitrogens with zero attached hydrogens (tertiary/aromatic N) is 2. The minimum atomic E-state index is 0.288. The Hall–Kier alpha value is -1.02. The quantitative estimate of drug-likeness (QED) is 0.674. The van der Waals surface area contributed by atoms with Crippen molar-refractivity contribution in [2.75, 3.05) is 37.6 Å². The molecule has 1 aromatic rings. The molecule has 0 radical (unpaired) electrons. The van der Waals surface area contributed by atoms with Crippen molar-refractivity contribution in [2.45, 2.75) is 58.8 Å². The standard InChI is InChI=1S/C20H34N2/c1-5-7-8-13-21-14-16-22(17-15-21)19-11-9-18(10-12-19)20(3,4)6-2/h9-12H,5-8,13-17H2,1-4H3. The number of benzene rings is 1. The maximum Gasteiger partial charge on any atom is 0.0367 e. The third-order valence-corrected chi connectivity index (χ3v) is 5.35. The zero-order chi connectivity index (χ0) is 16.0. The monoisotopic (exact) mass is 302 g/mol. The molecule has 1 aliphatic heterocycles. The zero-order valence-corrected chi connectivity index (χ0v) is 15.1. The Kier molecular flexibility index (Phi) is 6.31. The van der Waals surface area contributed by atoms with Gasteiger partial charge < -0.3 is 4.90 Å². The van der Waals surface area contributed by atoms with E-state index in [-0.39, 0.29) is 5.41 Å². The van der Waals surface area contributed by atoms with Crippen molar-refractivity contribution in [3.63, 3.8) is 0 Å². The first kappa shape index (κ1) is 17.3. The summed E-state index contributed by atoms with van der Waals surface area (Å²) in [5.74, 6) is 0. The highest BCUT2D eigenvalue weighted by Gasteiger charge is 2.20. The molecule has 1 fully saturated rings. The summed E-state index contributed by atoms with van der Waals surface area (Å²) in [6.45, 7) is 15.3. The van der Waals surface area contributed by atoms with E-state index >= 15 is 0 Å². The molecule has 0 aliphatic carbocycles. The first-order valence-corrected chi connectivity index (χ1v) is 9.14. The topological polar surface area (TPSA) is 6.48 Å². The van der Waals surface area contributed by atoms with Gasteiger partial charge in [-0.2, -0.15) is 0 Å². The number of hydrogen-bond donors (Lipinski definition) is 0. The van der Waals surface area contributed by atoms with E-state index in [2.05, 4.69) is 61.8 Å². The molecule has 2 rings (SSSR count). The van der Waals surface area contributed by atoms with E-state index in [1.54, 1.807) is 0 Å². The van der Waals surface area contributed by atoms with Crippen molar-refractivity contribution in [2.24, 2.45) is 0 Å². The Bertz CT molecular complexity index is 428. The minimum absolute atomic E-state index is 0.288. The van der Waals surface area contributed by atoms with Crippen LogP contribution in [0.2, 0.25) is 0 Å². The molecule has 0 unspecified atom stereocenters. The number of unbranched alkanes of at least 4 members (excludes halogenated alkanes) is 2. The van der Waals surface area contributed by atoms with Crippen LogP contribution in [0.15, 0.2) is 24.3 Å². The van der Waals surface area contributed by atoms with Crippen molar-refractivity contribution in [1.29, 1.82) is 0 Å². The Labute approximate surface area is 137 Å². The van der Waals surface area contributed by atoms with Gasteiger partial charge in [-0.05, 0) is 42.5 Å². The summed E-state index contributed by atoms with van der Waals surface area (Å²) in [5, 5.41) is 0. The van der Waals surface area contributed by atoms with Gasteiger partial charge in [0.2, 0.25) is 0 Å². The molecule has 2 nitrogen and oxygen atoms in total. The van der Waals surface area contributed by atoms with Crippen LogP contribution >= 0.6 is 0 Å². The van der Waals surface area contributed by atoms with E-state index in [0.717, 1.165) is 0 Å². The van der Waals surface area contributed by atoms with Gasteiger partial charge in [0.1, 0.15) is 0 Å². The van der Waals surface area contributed by atoms with Gasteiger partial charge in [-0.3, -0.25) is 4.90 Å². The fourth-order valence-corrected chi connectivity index (χ4v) is 3.14. The first-order valence-electron chi connectivity index (χ1n) is 9.14. The summed E-state index contributed by atoms with van der Waals surface area (Å²) in [4.78, 5) is 5.17. The van der Waals surface area contributed by atoms with Crippen LogP contribution in [0.1, 0.15) is 58.9 Å². The van der Waals surface area contributed by atoms with Crippen LogP contribution < -0.4 is 4.90 Å². The molecule has 22 heavy (non-hydrogen) atoms. The normalized spacial score (nSPS) is 17.0. The van der Waals surface area contributed by atoms with Crippen molar-refractivity contribution < 1.29 is 0 Å². The van der Waals surface area contributed by atoms with Gasteiger partial charge in [0, 0.05) is 31.9 Å². The third-order valence-electron chi connectivity index (χ3n) is 5.35. The van der Waals surface area contributed by atoms with Crippen LogP contribution in [0, 0.1) is 0 Å². The summed E-state index contributed by atoms with van der Waals surface area (Å²) in [7, 11) is 0. The summed E-state index contributed by atoms with van der Waals surface area (Å²) in [6, 6.07) is 9.29. The van der Waals surface area contributed by atoms with Crippen LogP contribution in [0.4, 0.5) is 5.69 Å². The van der Waals surface area contributed by atoms with E-state index in [4.69, 9.17) is 0 Å². The van der Waals surface area contributed by atoms with Gasteiger partial charge in [0.25, 0.3) is 0 Å². The van der Waals surface area contributed by atoms with Gasteiger partial charge in [0.05, 0.1) is 0 Å². The van der Waals surface area contributed by atoms with Crippen molar-refractivity contribution >= 4 is 5.69 Å². The second-order valence-electron chi connectivity index (χ2n) is 7.32. The average Bonchev–Trinajstić information content (AvgIpc) is 2.56. The van der Waals surface area contributed by atoms with Gasteiger partial charge in [-0.25, -0.2) is 0 Å². The predicted octanol–water partition coefficient (Wildman–Crippen LogP) is 4.69. The largest absolute Gasteiger partial charge is 0.369 e. The lowest BCUT2D eigenvalue weighted by Gasteiger charge is -2.36. The second-order valence-corrected chi connectivity index (χ2v) is 7.32. The molecule has 124 valence electrons. The molecular weight excluding hydrogens is 268 g/mol. The molecule has 1 aromatic carbocycles. The van der Waals surface area contributed by atoms with E-state index in [0.29, 0.717) is 0 Å². The summed E-state index contributed by atoms with van der Waals surface area (Å²) in [6.07, 6.45) is 5.23. The Balaban J connectivity index is 1.86. The van der Waals surface area contributed by atoms with Gasteiger partial charge in [0.15, 0.2) is 0 Å². The molecule has 0 aromatic heterocycles. The highest BCUT2D eigenvalue weighted by Crippen LogP contribution is 2.28. The maximum atomic E-state index is 2.63. The Morgan fingerprint density at radius 2 is 1.55 bits per heavy atom. The van der Waals surface area contributed by atoms with E-state index in [1.807, 2.05) is 0 Å². The minimum Gasteiger partial charge on any atom is -0.369 e. The lowest BCUT2D eigenvalue weighted by Crippen LogP contribution is -2.46. The third kappa shape index (κ3) is 4.49. The number of piperazine rings is 1. The Morgan fingerprint density at radius 3 is 2.09 bits per heavy atom. The van der Waals surface area contributed by atoms with Gasteiger partial charge >= 0.3 is 0 Å². The molecule has 0 saturated carbocycles. The van der Waals surface area contributed by atoms with Gasteiger partial charge in [-0.15, -0.1) is 0 Å². The van der Waals surface area contributed by atoms with Gasteiger partial charge in [-0.1, -0.05) is 52.7 Å². The Morgan fingerprint density at radius 1 is 0.909 bits per heavy atom. The highest BCUT2D eigenvalue weighted by molar-refractivity contribution is 5.49. The number of anilines is 1. The summed E-state index contributed by atoms with van der Waals surface area (Å²) in [5.41, 5.74) is 3.14. The smallest absolute Gasteiger partial charge is 0.0367 e. The van der Waals surface area contributed by atoms with E-state index in [1.165, 1.54) is 69.7 Å². The summed E-state index contributed by atoms with van der Waals surface area (Å²) < 4.78 is 0. The van der Waals surface area contributed by atoms with E-state index < -0.39 is 0 Å². The van der Waals surface area contributed by atoms with Crippen LogP contribution in [0.25, 0.3) is 0 Å². The fraction of sp³-hybridized carbons (Fsp3) is 0.700. The van der Waals surface area contributed by atoms with Crippen molar-refractivity contribution in [3.8, 4) is 0 Å². The molecular formula is C20H34N2. The van der Waals surface area contributed by atoms with E-state index in [9.17, 15) is 0 Å². The molecule has 1 saturated heterocycles. The summed E-state index contributed by atoms with van der Waals surface area (Å²) >= 11 is 0. The molecule has 0 bridgehead atoms. The molecule has 0 amide bonds. The number of rotatable bonds is 7. The van der Waals surface area contributed by atoms with Crippen LogP contribution in [-0.4, -0.2) is 37.6 Å². The maximum absolute atomic E-state index is 2.63. The molecule has 1 heterocycles. The lowest BCUT2D eigenvalue weighted by molar-refractivity contribution is 0.252. The zero-order valence-electron chi connectivity index (χ0n) is 15.1. The van der Waals surface area contributed by atoms with Crippen molar-refractivity contribution in [1.82, 2.24) is 4.90 Å². The first-order chi connectivity index (χ1) is 10.6. The molecule has 0 spiro atoms. The second kappa shape index (κ2) is 8.01. The van der Waals surface area contributed by atoms with Crippen LogP contribution in [0.3, 0.4) is 0 Å². The molecule has 1 aliphatic rings.